The quantitative estimate of drug-likeness (QED) is 0.356. The van der Waals surface area contributed by atoms with E-state index < -0.39 is 0 Å². The van der Waals surface area contributed by atoms with Crippen molar-refractivity contribution in [3.05, 3.63) is 52.5 Å². The molecule has 2 rings (SSSR count). The van der Waals surface area contributed by atoms with E-state index in [-0.39, 0.29) is 11.0 Å². The van der Waals surface area contributed by atoms with E-state index in [1.807, 2.05) is 51.1 Å². The molecule has 0 heterocycles. The lowest BCUT2D eigenvalue weighted by Crippen LogP contribution is -2.34. The van der Waals surface area contributed by atoms with Crippen molar-refractivity contribution in [3.63, 3.8) is 0 Å². The average molecular weight is 495 g/mol. The lowest BCUT2D eigenvalue weighted by molar-refractivity contribution is 0.0973. The molecule has 2 N–H and O–H groups in total. The first kappa shape index (κ1) is 24.1. The minimum Gasteiger partial charge on any atom is -0.492 e. The Morgan fingerprint density at radius 2 is 1.87 bits per heavy atom. The van der Waals surface area contributed by atoms with Gasteiger partial charge in [-0.25, -0.2) is 0 Å². The molecule has 2 aromatic rings. The van der Waals surface area contributed by atoms with Crippen LogP contribution in [0.25, 0.3) is 0 Å². The summed E-state index contributed by atoms with van der Waals surface area (Å²) in [7, 11) is 0. The van der Waals surface area contributed by atoms with Gasteiger partial charge in [0.05, 0.1) is 24.5 Å². The van der Waals surface area contributed by atoms with E-state index in [0.29, 0.717) is 55.1 Å². The molecule has 0 saturated heterocycles. The highest BCUT2D eigenvalue weighted by molar-refractivity contribution is 9.10. The zero-order valence-corrected chi connectivity index (χ0v) is 19.8. The van der Waals surface area contributed by atoms with Gasteiger partial charge in [-0.1, -0.05) is 41.9 Å². The summed E-state index contributed by atoms with van der Waals surface area (Å²) in [5.41, 5.74) is 1.06. The molecule has 0 atom stereocenters. The summed E-state index contributed by atoms with van der Waals surface area (Å²) in [5, 5.41) is 5.88. The molecule has 30 heavy (non-hydrogen) atoms. The van der Waals surface area contributed by atoms with Gasteiger partial charge in [-0.05, 0) is 55.4 Å². The van der Waals surface area contributed by atoms with E-state index >= 15 is 0 Å². The van der Waals surface area contributed by atoms with Crippen molar-refractivity contribution in [3.8, 4) is 11.5 Å². The van der Waals surface area contributed by atoms with Crippen molar-refractivity contribution in [2.75, 3.05) is 31.7 Å². The third-order valence-electron chi connectivity index (χ3n) is 3.81. The number of benzene rings is 2. The largest absolute Gasteiger partial charge is 0.492 e. The molecule has 0 saturated carbocycles. The predicted molar refractivity (Wildman–Crippen MR) is 127 cm³/mol. The number of nitrogens with one attached hydrogen (secondary N) is 2. The average Bonchev–Trinajstić information content (AvgIpc) is 2.71. The number of amides is 1. The van der Waals surface area contributed by atoms with E-state index in [1.165, 1.54) is 0 Å². The Labute approximate surface area is 191 Å². The smallest absolute Gasteiger partial charge is 0.261 e. The summed E-state index contributed by atoms with van der Waals surface area (Å²) in [6.45, 7) is 8.08. The molecule has 0 aliphatic rings. The molecule has 2 aromatic carbocycles. The number of anilines is 1. The Morgan fingerprint density at radius 3 is 2.60 bits per heavy atom. The topological polar surface area (TPSA) is 68.8 Å². The second kappa shape index (κ2) is 12.5. The Kier molecular flexibility index (Phi) is 10.1. The van der Waals surface area contributed by atoms with Crippen molar-refractivity contribution in [2.24, 2.45) is 5.92 Å². The molecule has 0 bridgehead atoms. The molecule has 0 aliphatic heterocycles. The van der Waals surface area contributed by atoms with Crippen LogP contribution in [0.1, 0.15) is 31.1 Å². The molecular weight excluding hydrogens is 468 g/mol. The SMILES string of the molecule is CCOCCOc1ccccc1NC(=S)NC(=O)c1cc(Br)ccc1OCC(C)C. The lowest BCUT2D eigenvalue weighted by Gasteiger charge is -2.16. The molecule has 0 radical (unpaired) electrons. The molecule has 1 amide bonds. The van der Waals surface area contributed by atoms with Gasteiger partial charge < -0.3 is 19.5 Å². The molecule has 0 aromatic heterocycles. The third-order valence-corrected chi connectivity index (χ3v) is 4.51. The van der Waals surface area contributed by atoms with Crippen LogP contribution in [0.15, 0.2) is 46.9 Å². The first-order valence-corrected chi connectivity index (χ1v) is 10.9. The highest BCUT2D eigenvalue weighted by Crippen LogP contribution is 2.25. The summed E-state index contributed by atoms with van der Waals surface area (Å²) in [5.74, 6) is 1.11. The number of hydrogen-bond acceptors (Lipinski definition) is 5. The highest BCUT2D eigenvalue weighted by atomic mass is 79.9. The minimum atomic E-state index is -0.359. The van der Waals surface area contributed by atoms with Gasteiger partial charge in [-0.2, -0.15) is 0 Å². The lowest BCUT2D eigenvalue weighted by atomic mass is 10.2. The van der Waals surface area contributed by atoms with E-state index in [0.717, 1.165) is 4.47 Å². The number of carbonyl (C=O) groups excluding carboxylic acids is 1. The standard InChI is InChI=1S/C22H27BrN2O4S/c1-4-27-11-12-28-20-8-6-5-7-18(20)24-22(30)25-21(26)17-13-16(23)9-10-19(17)29-14-15(2)3/h5-10,13,15H,4,11-12,14H2,1-3H3,(H2,24,25,26,30). The predicted octanol–water partition coefficient (Wildman–Crippen LogP) is 5.03. The van der Waals surface area contributed by atoms with Crippen LogP contribution in [0.3, 0.4) is 0 Å². The number of para-hydroxylation sites is 2. The minimum absolute atomic E-state index is 0.163. The van der Waals surface area contributed by atoms with E-state index in [9.17, 15) is 4.79 Å². The summed E-state index contributed by atoms with van der Waals surface area (Å²) < 4.78 is 17.6. The van der Waals surface area contributed by atoms with Crippen LogP contribution in [-0.2, 0) is 4.74 Å². The van der Waals surface area contributed by atoms with Gasteiger partial charge in [-0.3, -0.25) is 10.1 Å². The van der Waals surface area contributed by atoms with Crippen LogP contribution in [0.4, 0.5) is 5.69 Å². The van der Waals surface area contributed by atoms with Gasteiger partial charge >= 0.3 is 0 Å². The monoisotopic (exact) mass is 494 g/mol. The van der Waals surface area contributed by atoms with Gasteiger partial charge in [-0.15, -0.1) is 0 Å². The van der Waals surface area contributed by atoms with Gasteiger partial charge in [0.15, 0.2) is 5.11 Å². The molecule has 6 nitrogen and oxygen atoms in total. The van der Waals surface area contributed by atoms with Crippen molar-refractivity contribution < 1.29 is 19.0 Å². The van der Waals surface area contributed by atoms with E-state index in [2.05, 4.69) is 26.6 Å². The maximum absolute atomic E-state index is 12.8. The molecule has 0 fully saturated rings. The second-order valence-electron chi connectivity index (χ2n) is 6.80. The molecule has 8 heteroatoms. The second-order valence-corrected chi connectivity index (χ2v) is 8.12. The zero-order valence-electron chi connectivity index (χ0n) is 17.4. The van der Waals surface area contributed by atoms with E-state index in [1.54, 1.807) is 12.1 Å². The molecule has 162 valence electrons. The van der Waals surface area contributed by atoms with Crippen molar-refractivity contribution in [1.29, 1.82) is 0 Å². The van der Waals surface area contributed by atoms with Crippen LogP contribution in [0, 0.1) is 5.92 Å². The molecular formula is C22H27BrN2O4S. The van der Waals surface area contributed by atoms with Crippen LogP contribution >= 0.6 is 28.1 Å². The number of halogens is 1. The van der Waals surface area contributed by atoms with Crippen molar-refractivity contribution in [2.45, 2.75) is 20.8 Å². The summed E-state index contributed by atoms with van der Waals surface area (Å²) in [6.07, 6.45) is 0. The Balaban J connectivity index is 2.03. The number of rotatable bonds is 10. The Hall–Kier alpha value is -2.16. The molecule has 0 unspecified atom stereocenters. The fourth-order valence-electron chi connectivity index (χ4n) is 2.44. The normalized spacial score (nSPS) is 10.6. The number of hydrogen-bond donors (Lipinski definition) is 2. The third kappa shape index (κ3) is 7.93. The summed E-state index contributed by atoms with van der Waals surface area (Å²) in [4.78, 5) is 12.8. The van der Waals surface area contributed by atoms with Crippen LogP contribution < -0.4 is 20.1 Å². The van der Waals surface area contributed by atoms with Gasteiger partial charge in [0.25, 0.3) is 5.91 Å². The molecule has 0 spiro atoms. The van der Waals surface area contributed by atoms with Crippen LogP contribution in [-0.4, -0.2) is 37.4 Å². The van der Waals surface area contributed by atoms with Crippen LogP contribution in [0.5, 0.6) is 11.5 Å². The highest BCUT2D eigenvalue weighted by Gasteiger charge is 2.16. The molecule has 0 aliphatic carbocycles. The summed E-state index contributed by atoms with van der Waals surface area (Å²) in [6, 6.07) is 12.7. The summed E-state index contributed by atoms with van der Waals surface area (Å²) >= 11 is 8.73. The fourth-order valence-corrected chi connectivity index (χ4v) is 3.00. The van der Waals surface area contributed by atoms with Gasteiger partial charge in [0.1, 0.15) is 18.1 Å². The Morgan fingerprint density at radius 1 is 1.10 bits per heavy atom. The van der Waals surface area contributed by atoms with E-state index in [4.69, 9.17) is 26.4 Å². The number of thiocarbonyl (C=S) groups is 1. The maximum atomic E-state index is 12.8. The van der Waals surface area contributed by atoms with Gasteiger partial charge in [0, 0.05) is 11.1 Å². The zero-order chi connectivity index (χ0) is 21.9. The fraction of sp³-hybridized carbons (Fsp3) is 0.364. The van der Waals surface area contributed by atoms with Crippen molar-refractivity contribution in [1.82, 2.24) is 5.32 Å². The van der Waals surface area contributed by atoms with Gasteiger partial charge in [0.2, 0.25) is 0 Å². The first-order valence-electron chi connectivity index (χ1n) is 9.75. The first-order chi connectivity index (χ1) is 14.4. The van der Waals surface area contributed by atoms with Crippen LogP contribution in [0.2, 0.25) is 0 Å². The maximum Gasteiger partial charge on any atom is 0.261 e. The number of carbonyl (C=O) groups is 1. The van der Waals surface area contributed by atoms with Crippen molar-refractivity contribution >= 4 is 44.9 Å². The Bertz CT molecular complexity index is 861. The number of ether oxygens (including phenoxy) is 3.